The van der Waals surface area contributed by atoms with E-state index in [4.69, 9.17) is 42.4 Å². The Kier molecular flexibility index (Phi) is 10.7. The first kappa shape index (κ1) is 36.4. The quantitative estimate of drug-likeness (QED) is 0.159. The number of pyridine rings is 1. The van der Waals surface area contributed by atoms with E-state index in [1.54, 1.807) is 30.2 Å². The maximum absolute atomic E-state index is 17.2. The van der Waals surface area contributed by atoms with Crippen LogP contribution in [-0.2, 0) is 22.5 Å². The van der Waals surface area contributed by atoms with Crippen LogP contribution in [0.4, 0.5) is 14.9 Å². The zero-order chi connectivity index (χ0) is 35.9. The van der Waals surface area contributed by atoms with Crippen molar-refractivity contribution in [2.45, 2.75) is 77.4 Å². The van der Waals surface area contributed by atoms with Gasteiger partial charge in [-0.1, -0.05) is 47.5 Å². The molecule has 262 valence electrons. The van der Waals surface area contributed by atoms with Gasteiger partial charge in [-0.05, 0) is 98.5 Å². The lowest BCUT2D eigenvalue weighted by atomic mass is 9.79. The molecule has 3 aromatic carbocycles. The lowest BCUT2D eigenvalue weighted by molar-refractivity contribution is 0.0239. The first-order valence-electron chi connectivity index (χ1n) is 16.5. The number of hydrogen-bond acceptors (Lipinski definition) is 7. The molecule has 1 aliphatic carbocycles. The van der Waals surface area contributed by atoms with Crippen LogP contribution in [0.3, 0.4) is 0 Å². The molecular weight excluding hydrogens is 793 g/mol. The standard InChI is InChI=1S/C38H38Cl2FIN4O4/c1-20(49-19-21-11-13-24(48-5)14-12-21)33-32(42)36(45-34-23-17-28(34)46(18-23)37(47)50-38(2,3)4)26-16-22(8-7-15-43)29(31(41)35(26)44-33)25-9-6-10-27(39)30(25)40/h6,9-14,16,20,23,28,34H,7-8,17-19H2,1-5H3,(H,44,45)/t20-,23-,28-,34+/m1/s1. The number of nitriles is 1. The number of aryl methyl sites for hydroxylation is 1. The molecule has 2 saturated heterocycles. The Hall–Kier alpha value is -3.37. The van der Waals surface area contributed by atoms with Crippen LogP contribution in [-0.4, -0.2) is 47.3 Å². The zero-order valence-electron chi connectivity index (χ0n) is 28.5. The molecule has 50 heavy (non-hydrogen) atoms. The van der Waals surface area contributed by atoms with Gasteiger partial charge >= 0.3 is 6.09 Å². The molecular formula is C38H38Cl2FIN4O4. The van der Waals surface area contributed by atoms with E-state index in [0.29, 0.717) is 52.5 Å². The summed E-state index contributed by atoms with van der Waals surface area (Å²) in [7, 11) is 1.62. The van der Waals surface area contributed by atoms with Gasteiger partial charge in [-0.25, -0.2) is 14.2 Å². The first-order valence-corrected chi connectivity index (χ1v) is 18.3. The minimum atomic E-state index is -0.610. The maximum atomic E-state index is 17.2. The number of carbonyl (C=O) groups is 1. The molecule has 1 aromatic heterocycles. The molecule has 4 atom stereocenters. The summed E-state index contributed by atoms with van der Waals surface area (Å²) in [6.07, 6.45) is 0.472. The minimum Gasteiger partial charge on any atom is -0.497 e. The number of methoxy groups -OCH3 is 1. The molecule has 4 aromatic rings. The Morgan fingerprint density at radius 2 is 1.96 bits per heavy atom. The highest BCUT2D eigenvalue weighted by Crippen LogP contribution is 2.47. The Morgan fingerprint density at radius 3 is 2.64 bits per heavy atom. The Bertz CT molecular complexity index is 1980. The van der Waals surface area contributed by atoms with Gasteiger partial charge in [-0.2, -0.15) is 5.26 Å². The number of carbonyl (C=O) groups excluding carboxylic acids is 1. The summed E-state index contributed by atoms with van der Waals surface area (Å²) >= 11 is 15.3. The van der Waals surface area contributed by atoms with Gasteiger partial charge in [0.2, 0.25) is 0 Å². The van der Waals surface area contributed by atoms with E-state index >= 15 is 4.39 Å². The number of hydrogen-bond donors (Lipinski definition) is 1. The molecule has 1 saturated carbocycles. The maximum Gasteiger partial charge on any atom is 0.410 e. The third kappa shape index (κ3) is 7.20. The highest BCUT2D eigenvalue weighted by atomic mass is 127. The monoisotopic (exact) mass is 830 g/mol. The van der Waals surface area contributed by atoms with Crippen LogP contribution in [0.2, 0.25) is 10.0 Å². The van der Waals surface area contributed by atoms with E-state index in [-0.39, 0.29) is 46.6 Å². The number of nitrogens with one attached hydrogen (secondary N) is 1. The zero-order valence-corrected chi connectivity index (χ0v) is 32.1. The van der Waals surface area contributed by atoms with Crippen molar-refractivity contribution in [2.24, 2.45) is 5.92 Å². The number of amides is 1. The topological polar surface area (TPSA) is 96.7 Å². The molecule has 3 heterocycles. The van der Waals surface area contributed by atoms with Crippen LogP contribution in [0, 0.1) is 26.6 Å². The van der Waals surface area contributed by atoms with Crippen LogP contribution in [0.15, 0.2) is 48.5 Å². The average molecular weight is 832 g/mol. The van der Waals surface area contributed by atoms with Crippen LogP contribution in [0.1, 0.15) is 63.5 Å². The van der Waals surface area contributed by atoms with Gasteiger partial charge in [0, 0.05) is 35.4 Å². The molecule has 2 aliphatic heterocycles. The van der Waals surface area contributed by atoms with Crippen molar-refractivity contribution in [3.8, 4) is 22.9 Å². The van der Waals surface area contributed by atoms with E-state index in [1.807, 2.05) is 58.0 Å². The van der Waals surface area contributed by atoms with Crippen molar-refractivity contribution in [3.63, 3.8) is 0 Å². The molecule has 7 rings (SSSR count). The summed E-state index contributed by atoms with van der Waals surface area (Å²) < 4.78 is 35.3. The lowest BCUT2D eigenvalue weighted by Crippen LogP contribution is -2.50. The summed E-state index contributed by atoms with van der Waals surface area (Å²) in [4.78, 5) is 19.8. The molecule has 0 spiro atoms. The SMILES string of the molecule is COc1ccc(CO[C@H](C)c2nc3c(F)c(-c4cccc(Cl)c4Cl)c(CCC#N)cc3c(N[C@H]3[C@@H]4C[C@H]3N(C(=O)OC(C)(C)C)C4)c2I)cc1. The van der Waals surface area contributed by atoms with Crippen LogP contribution in [0.5, 0.6) is 5.75 Å². The number of benzene rings is 3. The number of halogens is 4. The van der Waals surface area contributed by atoms with Gasteiger partial charge in [0.1, 0.15) is 16.9 Å². The molecule has 1 N–H and O–H groups in total. The molecule has 3 fully saturated rings. The van der Waals surface area contributed by atoms with E-state index in [1.165, 1.54) is 0 Å². The summed E-state index contributed by atoms with van der Waals surface area (Å²) in [5.41, 5.74) is 3.06. The van der Waals surface area contributed by atoms with Gasteiger partial charge in [-0.15, -0.1) is 0 Å². The van der Waals surface area contributed by atoms with Gasteiger partial charge < -0.3 is 24.4 Å². The molecule has 1 amide bonds. The second-order valence-electron chi connectivity index (χ2n) is 13.7. The number of rotatable bonds is 10. The number of fused-ring (bicyclic) bond motifs is 2. The second-order valence-corrected chi connectivity index (χ2v) is 15.6. The lowest BCUT2D eigenvalue weighted by Gasteiger charge is -2.38. The molecule has 12 heteroatoms. The second kappa shape index (κ2) is 14.7. The highest BCUT2D eigenvalue weighted by Gasteiger charge is 2.55. The number of anilines is 1. The Labute approximate surface area is 315 Å². The van der Waals surface area contributed by atoms with Crippen molar-refractivity contribution in [1.29, 1.82) is 5.26 Å². The predicted molar refractivity (Wildman–Crippen MR) is 202 cm³/mol. The summed E-state index contributed by atoms with van der Waals surface area (Å²) in [6.45, 7) is 8.35. The van der Waals surface area contributed by atoms with Crippen LogP contribution < -0.4 is 10.1 Å². The first-order chi connectivity index (χ1) is 23.8. The van der Waals surface area contributed by atoms with Crippen molar-refractivity contribution < 1.29 is 23.4 Å². The number of aromatic nitrogens is 1. The fourth-order valence-electron chi connectivity index (χ4n) is 6.75. The fourth-order valence-corrected chi connectivity index (χ4v) is 8.15. The Morgan fingerprint density at radius 1 is 1.22 bits per heavy atom. The molecule has 3 aliphatic rings. The highest BCUT2D eigenvalue weighted by molar-refractivity contribution is 14.1. The van der Waals surface area contributed by atoms with Crippen molar-refractivity contribution >= 4 is 68.5 Å². The number of ether oxygens (including phenoxy) is 3. The molecule has 8 nitrogen and oxygen atoms in total. The molecule has 2 bridgehead atoms. The van der Waals surface area contributed by atoms with E-state index in [0.717, 1.165) is 21.3 Å². The number of nitrogens with zero attached hydrogens (tertiary/aromatic N) is 3. The summed E-state index contributed by atoms with van der Waals surface area (Å²) in [6, 6.07) is 16.6. The van der Waals surface area contributed by atoms with Crippen molar-refractivity contribution in [3.05, 3.63) is 84.8 Å². The smallest absolute Gasteiger partial charge is 0.410 e. The molecule has 0 unspecified atom stereocenters. The van der Waals surface area contributed by atoms with Gasteiger partial charge in [0.05, 0.1) is 63.0 Å². The van der Waals surface area contributed by atoms with Gasteiger partial charge in [-0.3, -0.25) is 0 Å². The van der Waals surface area contributed by atoms with Crippen LogP contribution >= 0.6 is 45.8 Å². The van der Waals surface area contributed by atoms with E-state index in [9.17, 15) is 10.1 Å². The van der Waals surface area contributed by atoms with E-state index < -0.39 is 17.5 Å². The van der Waals surface area contributed by atoms with Crippen molar-refractivity contribution in [1.82, 2.24) is 9.88 Å². The minimum absolute atomic E-state index is 0.0716. The van der Waals surface area contributed by atoms with Crippen LogP contribution in [0.25, 0.3) is 22.0 Å². The van der Waals surface area contributed by atoms with Crippen molar-refractivity contribution in [2.75, 3.05) is 19.0 Å². The average Bonchev–Trinajstić information content (AvgIpc) is 3.68. The van der Waals surface area contributed by atoms with E-state index in [2.05, 4.69) is 34.0 Å². The normalized spacial score (nSPS) is 18.8. The third-order valence-electron chi connectivity index (χ3n) is 9.28. The summed E-state index contributed by atoms with van der Waals surface area (Å²) in [5, 5.41) is 14.3. The third-order valence-corrected chi connectivity index (χ3v) is 11.2. The van der Waals surface area contributed by atoms with Gasteiger partial charge in [0.25, 0.3) is 0 Å². The van der Waals surface area contributed by atoms with Gasteiger partial charge in [0.15, 0.2) is 5.82 Å². The Balaban J connectivity index is 1.45. The fraction of sp³-hybridized carbons (Fsp3) is 0.395. The summed E-state index contributed by atoms with van der Waals surface area (Å²) in [5.74, 6) is 0.388. The predicted octanol–water partition coefficient (Wildman–Crippen LogP) is 10.1. The largest absolute Gasteiger partial charge is 0.497 e. The molecule has 0 radical (unpaired) electrons.